The summed E-state index contributed by atoms with van der Waals surface area (Å²) in [4.78, 5) is 0. The van der Waals surface area contributed by atoms with Gasteiger partial charge in [0.05, 0.1) is 15.7 Å². The van der Waals surface area contributed by atoms with Gasteiger partial charge in [-0.15, -0.1) is 0 Å². The van der Waals surface area contributed by atoms with Gasteiger partial charge in [-0.25, -0.2) is 8.93 Å². The van der Waals surface area contributed by atoms with Crippen molar-refractivity contribution in [2.24, 2.45) is 5.92 Å². The minimum atomic E-state index is -1.04. The van der Waals surface area contributed by atoms with Crippen LogP contribution in [-0.4, -0.2) is 8.96 Å². The van der Waals surface area contributed by atoms with E-state index in [0.29, 0.717) is 5.92 Å². The molecule has 17 heavy (non-hydrogen) atoms. The summed E-state index contributed by atoms with van der Waals surface area (Å²) >= 11 is 0. The fourth-order valence-corrected chi connectivity index (χ4v) is 2.53. The van der Waals surface area contributed by atoms with E-state index >= 15 is 0 Å². The van der Waals surface area contributed by atoms with Crippen LogP contribution in [0.4, 0.5) is 0 Å². The Kier molecular flexibility index (Phi) is 4.90. The number of benzene rings is 1. The lowest BCUT2D eigenvalue weighted by molar-refractivity contribution is 0.473. The maximum Gasteiger partial charge on any atom is 0.0976 e. The van der Waals surface area contributed by atoms with E-state index in [1.54, 1.807) is 0 Å². The van der Waals surface area contributed by atoms with Crippen LogP contribution in [0, 0.1) is 5.92 Å². The molecule has 1 unspecified atom stereocenters. The molecular formula is C14H23NOS. The van der Waals surface area contributed by atoms with Gasteiger partial charge in [-0.3, -0.25) is 0 Å². The monoisotopic (exact) mass is 253 g/mol. The summed E-state index contributed by atoms with van der Waals surface area (Å²) in [6.45, 7) is 10.2. The van der Waals surface area contributed by atoms with Crippen LogP contribution in [0.3, 0.4) is 0 Å². The summed E-state index contributed by atoms with van der Waals surface area (Å²) in [5, 5.41) is 0. The fourth-order valence-electron chi connectivity index (χ4n) is 1.54. The molecule has 3 heteroatoms. The lowest BCUT2D eigenvalue weighted by Gasteiger charge is -2.27. The largest absolute Gasteiger partial charge is 0.242 e. The third-order valence-electron chi connectivity index (χ3n) is 2.62. The first-order valence-electron chi connectivity index (χ1n) is 6.05. The summed E-state index contributed by atoms with van der Waals surface area (Å²) in [5.41, 5.74) is 1.19. The second kappa shape index (κ2) is 5.78. The van der Waals surface area contributed by atoms with Crippen LogP contribution in [0.15, 0.2) is 30.3 Å². The normalized spacial score (nSPS) is 15.9. The van der Waals surface area contributed by atoms with Gasteiger partial charge in [0, 0.05) is 6.04 Å². The molecule has 1 rings (SSSR count). The zero-order chi connectivity index (χ0) is 13.1. The molecule has 0 aliphatic carbocycles. The summed E-state index contributed by atoms with van der Waals surface area (Å²) in [6, 6.07) is 10.3. The van der Waals surface area contributed by atoms with Crippen LogP contribution in [0.25, 0.3) is 0 Å². The molecule has 0 saturated heterocycles. The molecule has 0 saturated carbocycles. The van der Waals surface area contributed by atoms with E-state index in [-0.39, 0.29) is 10.8 Å². The maximum atomic E-state index is 12.2. The molecule has 0 radical (unpaired) electrons. The van der Waals surface area contributed by atoms with Crippen LogP contribution in [-0.2, 0) is 11.0 Å². The van der Waals surface area contributed by atoms with Gasteiger partial charge in [0.1, 0.15) is 0 Å². The van der Waals surface area contributed by atoms with E-state index in [0.717, 1.165) is 0 Å². The van der Waals surface area contributed by atoms with Crippen molar-refractivity contribution in [3.8, 4) is 0 Å². The number of nitrogens with one attached hydrogen (secondary N) is 1. The quantitative estimate of drug-likeness (QED) is 0.875. The highest BCUT2D eigenvalue weighted by molar-refractivity contribution is 7.84. The molecule has 0 heterocycles. The molecule has 1 aromatic carbocycles. The van der Waals surface area contributed by atoms with Crippen molar-refractivity contribution in [2.45, 2.75) is 45.4 Å². The predicted molar refractivity (Wildman–Crippen MR) is 75.1 cm³/mol. The molecule has 0 amide bonds. The highest BCUT2D eigenvalue weighted by Gasteiger charge is 2.25. The Labute approximate surface area is 107 Å². The molecule has 0 aliphatic rings. The standard InChI is InChI=1S/C14H23NOS/c1-11(2)13(12-9-7-6-8-10-12)15-17(16)14(3,4)5/h6-11,13,15H,1-5H3/t13-,17?/m1/s1. The van der Waals surface area contributed by atoms with Crippen molar-refractivity contribution in [3.05, 3.63) is 35.9 Å². The highest BCUT2D eigenvalue weighted by atomic mass is 32.2. The Morgan fingerprint density at radius 2 is 1.65 bits per heavy atom. The van der Waals surface area contributed by atoms with E-state index < -0.39 is 11.0 Å². The number of rotatable bonds is 4. The minimum Gasteiger partial charge on any atom is -0.242 e. The van der Waals surface area contributed by atoms with E-state index in [4.69, 9.17) is 0 Å². The minimum absolute atomic E-state index is 0.135. The highest BCUT2D eigenvalue weighted by Crippen LogP contribution is 2.23. The lowest BCUT2D eigenvalue weighted by Crippen LogP contribution is -2.37. The first-order valence-corrected chi connectivity index (χ1v) is 7.20. The van der Waals surface area contributed by atoms with Crippen molar-refractivity contribution in [3.63, 3.8) is 0 Å². The third-order valence-corrected chi connectivity index (χ3v) is 4.20. The van der Waals surface area contributed by atoms with Crippen molar-refractivity contribution in [1.82, 2.24) is 4.72 Å². The SMILES string of the molecule is CC(C)[C@@H](NS(=O)C(C)(C)C)c1ccccc1. The van der Waals surface area contributed by atoms with Gasteiger partial charge in [-0.2, -0.15) is 0 Å². The van der Waals surface area contributed by atoms with E-state index in [9.17, 15) is 4.21 Å². The van der Waals surface area contributed by atoms with Crippen LogP contribution >= 0.6 is 0 Å². The zero-order valence-corrected chi connectivity index (χ0v) is 12.2. The lowest BCUT2D eigenvalue weighted by atomic mass is 9.97. The Bertz CT molecular complexity index is 368. The molecule has 1 aromatic rings. The van der Waals surface area contributed by atoms with Crippen molar-refractivity contribution in [2.75, 3.05) is 0 Å². The third kappa shape index (κ3) is 4.25. The Balaban J connectivity index is 2.86. The van der Waals surface area contributed by atoms with Gasteiger partial charge >= 0.3 is 0 Å². The Morgan fingerprint density at radius 3 is 2.06 bits per heavy atom. The summed E-state index contributed by atoms with van der Waals surface area (Å²) < 4.78 is 15.2. The molecule has 96 valence electrons. The van der Waals surface area contributed by atoms with E-state index in [2.05, 4.69) is 30.7 Å². The molecule has 0 aliphatic heterocycles. The van der Waals surface area contributed by atoms with Crippen LogP contribution in [0.1, 0.15) is 46.2 Å². The van der Waals surface area contributed by atoms with Gasteiger partial charge in [0.25, 0.3) is 0 Å². The van der Waals surface area contributed by atoms with Crippen LogP contribution in [0.2, 0.25) is 0 Å². The topological polar surface area (TPSA) is 29.1 Å². The molecule has 1 N–H and O–H groups in total. The van der Waals surface area contributed by atoms with Gasteiger partial charge in [0.2, 0.25) is 0 Å². The average Bonchev–Trinajstić information content (AvgIpc) is 2.25. The molecule has 0 bridgehead atoms. The molecule has 0 fully saturated rings. The van der Waals surface area contributed by atoms with Gasteiger partial charge in [0.15, 0.2) is 0 Å². The van der Waals surface area contributed by atoms with Crippen molar-refractivity contribution in [1.29, 1.82) is 0 Å². The average molecular weight is 253 g/mol. The van der Waals surface area contributed by atoms with Crippen LogP contribution in [0.5, 0.6) is 0 Å². The number of hydrogen-bond acceptors (Lipinski definition) is 1. The molecule has 2 nitrogen and oxygen atoms in total. The Morgan fingerprint density at radius 1 is 1.12 bits per heavy atom. The van der Waals surface area contributed by atoms with Crippen molar-refractivity contribution < 1.29 is 4.21 Å². The fraction of sp³-hybridized carbons (Fsp3) is 0.571. The first-order chi connectivity index (χ1) is 7.82. The van der Waals surface area contributed by atoms with Gasteiger partial charge in [-0.05, 0) is 32.3 Å². The summed E-state index contributed by atoms with van der Waals surface area (Å²) in [6.07, 6.45) is 0. The second-order valence-electron chi connectivity index (χ2n) is 5.63. The number of hydrogen-bond donors (Lipinski definition) is 1. The van der Waals surface area contributed by atoms with Gasteiger partial charge in [-0.1, -0.05) is 44.2 Å². The smallest absolute Gasteiger partial charge is 0.0976 e. The maximum absolute atomic E-state index is 12.2. The van der Waals surface area contributed by atoms with Gasteiger partial charge < -0.3 is 0 Å². The zero-order valence-electron chi connectivity index (χ0n) is 11.4. The second-order valence-corrected chi connectivity index (χ2v) is 7.63. The first kappa shape index (κ1) is 14.4. The summed E-state index contributed by atoms with van der Waals surface area (Å²) in [7, 11) is -1.04. The van der Waals surface area contributed by atoms with Crippen LogP contribution < -0.4 is 4.72 Å². The van der Waals surface area contributed by atoms with E-state index in [1.807, 2.05) is 39.0 Å². The van der Waals surface area contributed by atoms with Crippen molar-refractivity contribution >= 4 is 11.0 Å². The molecule has 0 spiro atoms. The Hall–Kier alpha value is -0.670. The van der Waals surface area contributed by atoms with E-state index in [1.165, 1.54) is 5.56 Å². The molecule has 0 aromatic heterocycles. The molecule has 2 atom stereocenters. The predicted octanol–water partition coefficient (Wildman–Crippen LogP) is 3.44. The summed E-state index contributed by atoms with van der Waals surface area (Å²) in [5.74, 6) is 0.406. The molecular weight excluding hydrogens is 230 g/mol.